The average molecular weight is 587 g/mol. The van der Waals surface area contributed by atoms with Crippen molar-refractivity contribution in [2.75, 3.05) is 6.61 Å². The normalized spacial score (nSPS) is 16.0. The predicted molar refractivity (Wildman–Crippen MR) is 152 cm³/mol. The van der Waals surface area contributed by atoms with Gasteiger partial charge in [-0.2, -0.15) is 0 Å². The molecule has 2 atom stereocenters. The molecule has 0 bridgehead atoms. The van der Waals surface area contributed by atoms with Gasteiger partial charge in [-0.15, -0.1) is 11.3 Å². The lowest BCUT2D eigenvalue weighted by molar-refractivity contribution is -0.384. The molecule has 0 aliphatic carbocycles. The topological polar surface area (TPSA) is 121 Å². The summed E-state index contributed by atoms with van der Waals surface area (Å²) in [6.07, 6.45) is -0.398. The number of carbonyl (C=O) groups is 1. The number of nitro benzene ring substituents is 1. The number of esters is 1. The second-order valence-corrected chi connectivity index (χ2v) is 10.9. The molecule has 212 valence electrons. The summed E-state index contributed by atoms with van der Waals surface area (Å²) in [5.74, 6) is 0.0797. The van der Waals surface area contributed by atoms with Crippen LogP contribution >= 0.6 is 11.3 Å². The lowest BCUT2D eigenvalue weighted by Crippen LogP contribution is -2.27. The predicted octanol–water partition coefficient (Wildman–Crippen LogP) is 6.43. The van der Waals surface area contributed by atoms with Crippen LogP contribution in [0.15, 0.2) is 84.9 Å². The molecule has 1 aliphatic heterocycles. The van der Waals surface area contributed by atoms with Gasteiger partial charge in [0.25, 0.3) is 5.69 Å². The SMILES string of the molecule is O=C(Oc1ccc([N+](=O)[O-])cc1)c1cccc(C[C@H]2COc3ccc(OCc4nc5cc(F)ccc5s4)cc3[C@H]2O)c1. The first-order chi connectivity index (χ1) is 20.3. The van der Waals surface area contributed by atoms with Crippen molar-refractivity contribution in [1.82, 2.24) is 4.98 Å². The number of aliphatic hydroxyl groups excluding tert-OH is 1. The van der Waals surface area contributed by atoms with Gasteiger partial charge in [0.1, 0.15) is 34.7 Å². The molecule has 0 saturated heterocycles. The molecule has 11 heteroatoms. The molecule has 1 N–H and O–H groups in total. The molecule has 2 heterocycles. The number of nitrogens with zero attached hydrogens (tertiary/aromatic N) is 2. The molecule has 9 nitrogen and oxygen atoms in total. The molecule has 0 amide bonds. The summed E-state index contributed by atoms with van der Waals surface area (Å²) in [4.78, 5) is 27.4. The molecule has 4 aromatic carbocycles. The highest BCUT2D eigenvalue weighted by atomic mass is 32.1. The van der Waals surface area contributed by atoms with Gasteiger partial charge in [0, 0.05) is 29.7 Å². The maximum atomic E-state index is 13.5. The van der Waals surface area contributed by atoms with Gasteiger partial charge in [0.05, 0.1) is 33.4 Å². The second-order valence-electron chi connectivity index (χ2n) is 9.77. The van der Waals surface area contributed by atoms with Gasteiger partial charge < -0.3 is 19.3 Å². The van der Waals surface area contributed by atoms with Gasteiger partial charge in [-0.1, -0.05) is 12.1 Å². The fourth-order valence-corrected chi connectivity index (χ4v) is 5.64. The van der Waals surface area contributed by atoms with E-state index in [1.165, 1.54) is 47.7 Å². The highest BCUT2D eigenvalue weighted by molar-refractivity contribution is 7.18. The summed E-state index contributed by atoms with van der Waals surface area (Å²) in [6, 6.07) is 21.9. The van der Waals surface area contributed by atoms with Gasteiger partial charge >= 0.3 is 5.97 Å². The minimum Gasteiger partial charge on any atom is -0.493 e. The van der Waals surface area contributed by atoms with E-state index in [1.807, 2.05) is 6.07 Å². The summed E-state index contributed by atoms with van der Waals surface area (Å²) in [7, 11) is 0. The lowest BCUT2D eigenvalue weighted by Gasteiger charge is -2.30. The Bertz CT molecular complexity index is 1790. The van der Waals surface area contributed by atoms with Crippen LogP contribution in [0.1, 0.15) is 32.6 Å². The quantitative estimate of drug-likeness (QED) is 0.0956. The number of aromatic nitrogens is 1. The molecule has 6 rings (SSSR count). The van der Waals surface area contributed by atoms with E-state index in [1.54, 1.807) is 42.5 Å². The Morgan fingerprint density at radius 3 is 2.69 bits per heavy atom. The Morgan fingerprint density at radius 1 is 1.07 bits per heavy atom. The molecule has 0 radical (unpaired) electrons. The Morgan fingerprint density at radius 2 is 1.88 bits per heavy atom. The van der Waals surface area contributed by atoms with E-state index in [0.29, 0.717) is 39.6 Å². The van der Waals surface area contributed by atoms with Gasteiger partial charge in [-0.05, 0) is 66.6 Å². The van der Waals surface area contributed by atoms with Crippen LogP contribution in [0.5, 0.6) is 17.2 Å². The third-order valence-electron chi connectivity index (χ3n) is 6.87. The Labute approximate surface area is 242 Å². The number of fused-ring (bicyclic) bond motifs is 2. The zero-order valence-electron chi connectivity index (χ0n) is 21.9. The first-order valence-corrected chi connectivity index (χ1v) is 13.8. The summed E-state index contributed by atoms with van der Waals surface area (Å²) >= 11 is 1.43. The number of hydrogen-bond acceptors (Lipinski definition) is 9. The van der Waals surface area contributed by atoms with E-state index in [0.717, 1.165) is 10.3 Å². The Balaban J connectivity index is 1.11. The number of nitro groups is 1. The van der Waals surface area contributed by atoms with E-state index in [2.05, 4.69) is 4.98 Å². The van der Waals surface area contributed by atoms with Crippen molar-refractivity contribution in [3.05, 3.63) is 123 Å². The van der Waals surface area contributed by atoms with E-state index < -0.39 is 17.0 Å². The standard InChI is InChI=1S/C31H23FN2O7S/c32-21-4-11-28-26(14-21)33-29(42-28)17-39-24-9-10-27-25(15-24)30(35)20(16-40-27)13-18-2-1-3-19(12-18)31(36)41-23-7-5-22(6-8-23)34(37)38/h1-12,14-15,20,30,35H,13,16-17H2/t20-,30-/m0/s1. The van der Waals surface area contributed by atoms with Crippen LogP contribution in [0.2, 0.25) is 0 Å². The van der Waals surface area contributed by atoms with E-state index in [9.17, 15) is 24.4 Å². The van der Waals surface area contributed by atoms with Crippen molar-refractivity contribution in [1.29, 1.82) is 0 Å². The van der Waals surface area contributed by atoms with Crippen molar-refractivity contribution in [3.8, 4) is 17.2 Å². The second kappa shape index (κ2) is 11.6. The minimum atomic E-state index is -0.835. The van der Waals surface area contributed by atoms with Crippen molar-refractivity contribution in [3.63, 3.8) is 0 Å². The fraction of sp³-hybridized carbons (Fsp3) is 0.161. The number of hydrogen-bond donors (Lipinski definition) is 1. The first kappa shape index (κ1) is 27.3. The highest BCUT2D eigenvalue weighted by Crippen LogP contribution is 2.39. The molecule has 0 spiro atoms. The number of rotatable bonds is 8. The first-order valence-electron chi connectivity index (χ1n) is 13.0. The minimum absolute atomic E-state index is 0.101. The van der Waals surface area contributed by atoms with Crippen molar-refractivity contribution in [2.24, 2.45) is 5.92 Å². The van der Waals surface area contributed by atoms with Gasteiger partial charge in [0.2, 0.25) is 0 Å². The van der Waals surface area contributed by atoms with Gasteiger partial charge in [-0.3, -0.25) is 10.1 Å². The lowest BCUT2D eigenvalue weighted by atomic mass is 9.88. The van der Waals surface area contributed by atoms with Gasteiger partial charge in [-0.25, -0.2) is 14.2 Å². The zero-order chi connectivity index (χ0) is 29.2. The number of non-ortho nitro benzene ring substituents is 1. The molecule has 1 aliphatic rings. The number of carbonyl (C=O) groups excluding carboxylic acids is 1. The number of aliphatic hydroxyl groups is 1. The monoisotopic (exact) mass is 586 g/mol. The third-order valence-corrected chi connectivity index (χ3v) is 7.88. The fourth-order valence-electron chi connectivity index (χ4n) is 4.78. The summed E-state index contributed by atoms with van der Waals surface area (Å²) in [6.45, 7) is 0.483. The molecule has 42 heavy (non-hydrogen) atoms. The van der Waals surface area contributed by atoms with Gasteiger partial charge in [0.15, 0.2) is 0 Å². The van der Waals surface area contributed by atoms with Crippen LogP contribution in [0.3, 0.4) is 0 Å². The maximum absolute atomic E-state index is 13.5. The molecular weight excluding hydrogens is 563 g/mol. The van der Waals surface area contributed by atoms with E-state index in [-0.39, 0.29) is 36.4 Å². The number of halogens is 1. The van der Waals surface area contributed by atoms with Crippen LogP contribution in [0, 0.1) is 21.8 Å². The third kappa shape index (κ3) is 5.92. The number of benzene rings is 4. The molecule has 5 aromatic rings. The summed E-state index contributed by atoms with van der Waals surface area (Å²) < 4.78 is 31.6. The molecule has 1 aromatic heterocycles. The van der Waals surface area contributed by atoms with Crippen LogP contribution < -0.4 is 14.2 Å². The molecule has 0 fully saturated rings. The average Bonchev–Trinajstić information content (AvgIpc) is 3.40. The largest absolute Gasteiger partial charge is 0.493 e. The summed E-state index contributed by atoms with van der Waals surface area (Å²) in [5, 5.41) is 22.8. The van der Waals surface area contributed by atoms with Crippen LogP contribution in [-0.4, -0.2) is 27.6 Å². The van der Waals surface area contributed by atoms with E-state index >= 15 is 0 Å². The number of thiazole rings is 1. The van der Waals surface area contributed by atoms with Crippen molar-refractivity contribution >= 4 is 33.2 Å². The zero-order valence-corrected chi connectivity index (χ0v) is 22.8. The summed E-state index contributed by atoms with van der Waals surface area (Å²) in [5.41, 5.74) is 2.20. The molecular formula is C31H23FN2O7S. The van der Waals surface area contributed by atoms with Crippen molar-refractivity contribution in [2.45, 2.75) is 19.1 Å². The Hall–Kier alpha value is -4.87. The maximum Gasteiger partial charge on any atom is 0.343 e. The molecule has 0 saturated carbocycles. The van der Waals surface area contributed by atoms with E-state index in [4.69, 9.17) is 14.2 Å². The molecule has 0 unspecified atom stereocenters. The van der Waals surface area contributed by atoms with Crippen molar-refractivity contribution < 1.29 is 33.4 Å². The highest BCUT2D eigenvalue weighted by Gasteiger charge is 2.30. The van der Waals surface area contributed by atoms with Crippen LogP contribution in [-0.2, 0) is 13.0 Å². The van der Waals surface area contributed by atoms with Crippen LogP contribution in [0.25, 0.3) is 10.2 Å². The smallest absolute Gasteiger partial charge is 0.343 e. The number of ether oxygens (including phenoxy) is 3. The Kier molecular flexibility index (Phi) is 7.51. The van der Waals surface area contributed by atoms with Crippen LogP contribution in [0.4, 0.5) is 10.1 Å².